The molecule has 0 aliphatic carbocycles. The molecule has 6 rings (SSSR count). The maximum Gasteiger partial charge on any atom is 0.167 e. The molecule has 0 fully saturated rings. The third kappa shape index (κ3) is 3.87. The molecule has 0 saturated heterocycles. The van der Waals surface area contributed by atoms with E-state index in [9.17, 15) is 0 Å². The Kier molecular flexibility index (Phi) is 4.96. The minimum absolute atomic E-state index is 0.245. The van der Waals surface area contributed by atoms with E-state index in [0.717, 1.165) is 50.0 Å². The van der Waals surface area contributed by atoms with Crippen LogP contribution < -0.4 is 0 Å². The molecule has 6 aromatic rings. The number of furan rings is 1. The highest BCUT2D eigenvalue weighted by Gasteiger charge is 2.23. The number of aromatic nitrogens is 3. The first-order valence-corrected chi connectivity index (χ1v) is 11.8. The largest absolute Gasteiger partial charge is 0.455 e. The second kappa shape index (κ2) is 8.17. The van der Waals surface area contributed by atoms with E-state index in [-0.39, 0.29) is 5.41 Å². The predicted molar refractivity (Wildman–Crippen MR) is 142 cm³/mol. The van der Waals surface area contributed by atoms with Crippen molar-refractivity contribution in [3.8, 4) is 33.9 Å². The molecule has 0 aliphatic rings. The Morgan fingerprint density at radius 2 is 1.23 bits per heavy atom. The maximum atomic E-state index is 6.29. The van der Waals surface area contributed by atoms with Gasteiger partial charge in [-0.25, -0.2) is 15.0 Å². The van der Waals surface area contributed by atoms with Gasteiger partial charge < -0.3 is 4.42 Å². The van der Waals surface area contributed by atoms with Gasteiger partial charge in [-0.2, -0.15) is 0 Å². The van der Waals surface area contributed by atoms with Gasteiger partial charge in [0.25, 0.3) is 0 Å². The Morgan fingerprint density at radius 3 is 2.06 bits per heavy atom. The molecule has 0 amide bonds. The van der Waals surface area contributed by atoms with Crippen LogP contribution in [0.4, 0.5) is 0 Å². The van der Waals surface area contributed by atoms with Crippen LogP contribution in [0.3, 0.4) is 0 Å². The SMILES string of the molecule is CC(C)(C)c1nc(-c2cccc(-c3ccccc3)c2)nc(-c2cccc3c2oc2ccccc23)n1. The number of rotatable bonds is 3. The van der Waals surface area contributed by atoms with Gasteiger partial charge in [0.2, 0.25) is 0 Å². The number of hydrogen-bond donors (Lipinski definition) is 0. The van der Waals surface area contributed by atoms with E-state index in [2.05, 4.69) is 81.4 Å². The first-order valence-electron chi connectivity index (χ1n) is 11.8. The van der Waals surface area contributed by atoms with E-state index in [4.69, 9.17) is 19.4 Å². The molecule has 0 atom stereocenters. The molecule has 0 unspecified atom stereocenters. The summed E-state index contributed by atoms with van der Waals surface area (Å²) in [4.78, 5) is 14.8. The standard InChI is InChI=1S/C31H25N3O/c1-31(2,3)30-33-28(22-14-9-13-21(19-22)20-11-5-4-6-12-20)32-29(34-30)25-17-10-16-24-23-15-7-8-18-26(23)35-27(24)25/h4-19H,1-3H3. The van der Waals surface area contributed by atoms with Gasteiger partial charge in [0.05, 0.1) is 5.56 Å². The number of benzene rings is 4. The summed E-state index contributed by atoms with van der Waals surface area (Å²) in [5.74, 6) is 2.02. The maximum absolute atomic E-state index is 6.29. The Labute approximate surface area is 204 Å². The first-order chi connectivity index (χ1) is 17.0. The van der Waals surface area contributed by atoms with Gasteiger partial charge in [-0.15, -0.1) is 0 Å². The molecule has 0 N–H and O–H groups in total. The Balaban J connectivity index is 1.56. The smallest absolute Gasteiger partial charge is 0.167 e. The summed E-state index contributed by atoms with van der Waals surface area (Å²) >= 11 is 0. The van der Waals surface area contributed by atoms with Crippen molar-refractivity contribution >= 4 is 21.9 Å². The number of hydrogen-bond acceptors (Lipinski definition) is 4. The number of fused-ring (bicyclic) bond motifs is 3. The Morgan fingerprint density at radius 1 is 0.571 bits per heavy atom. The van der Waals surface area contributed by atoms with Crippen LogP contribution in [0.15, 0.2) is 101 Å². The minimum atomic E-state index is -0.245. The third-order valence-corrected chi connectivity index (χ3v) is 6.18. The molecule has 35 heavy (non-hydrogen) atoms. The van der Waals surface area contributed by atoms with Gasteiger partial charge in [0.15, 0.2) is 11.6 Å². The summed E-state index contributed by atoms with van der Waals surface area (Å²) < 4.78 is 6.29. The molecule has 0 saturated carbocycles. The lowest BCUT2D eigenvalue weighted by Gasteiger charge is -2.18. The van der Waals surface area contributed by atoms with Crippen molar-refractivity contribution < 1.29 is 4.42 Å². The van der Waals surface area contributed by atoms with Crippen molar-refractivity contribution in [3.05, 3.63) is 103 Å². The van der Waals surface area contributed by atoms with Crippen LogP contribution in [-0.4, -0.2) is 15.0 Å². The summed E-state index contributed by atoms with van der Waals surface area (Å²) in [6, 6.07) is 33.0. The molecular formula is C31H25N3O. The lowest BCUT2D eigenvalue weighted by Crippen LogP contribution is -2.18. The molecular weight excluding hydrogens is 430 g/mol. The summed E-state index contributed by atoms with van der Waals surface area (Å²) in [5.41, 5.74) is 5.52. The summed E-state index contributed by atoms with van der Waals surface area (Å²) in [5, 5.41) is 2.15. The highest BCUT2D eigenvalue weighted by atomic mass is 16.3. The van der Waals surface area contributed by atoms with Crippen LogP contribution in [0, 0.1) is 0 Å². The summed E-state index contributed by atoms with van der Waals surface area (Å²) in [7, 11) is 0. The fourth-order valence-corrected chi connectivity index (χ4v) is 4.35. The second-order valence-corrected chi connectivity index (χ2v) is 9.78. The van der Waals surface area contributed by atoms with Crippen molar-refractivity contribution in [2.75, 3.05) is 0 Å². The Hall–Kier alpha value is -4.31. The first kappa shape index (κ1) is 21.2. The quantitative estimate of drug-likeness (QED) is 0.271. The van der Waals surface area contributed by atoms with Gasteiger partial charge in [0.1, 0.15) is 17.0 Å². The van der Waals surface area contributed by atoms with E-state index in [1.165, 1.54) is 0 Å². The molecule has 4 heteroatoms. The van der Waals surface area contributed by atoms with E-state index >= 15 is 0 Å². The molecule has 0 bridgehead atoms. The average molecular weight is 456 g/mol. The van der Waals surface area contributed by atoms with E-state index in [1.807, 2.05) is 36.4 Å². The molecule has 2 heterocycles. The van der Waals surface area contributed by atoms with Crippen LogP contribution in [0.1, 0.15) is 26.6 Å². The van der Waals surface area contributed by atoms with Crippen molar-refractivity contribution in [3.63, 3.8) is 0 Å². The molecule has 0 aliphatic heterocycles. The summed E-state index contributed by atoms with van der Waals surface area (Å²) in [6.07, 6.45) is 0. The zero-order valence-corrected chi connectivity index (χ0v) is 20.0. The zero-order valence-electron chi connectivity index (χ0n) is 20.0. The monoisotopic (exact) mass is 455 g/mol. The highest BCUT2D eigenvalue weighted by molar-refractivity contribution is 6.09. The fourth-order valence-electron chi connectivity index (χ4n) is 4.35. The van der Waals surface area contributed by atoms with Gasteiger partial charge in [-0.05, 0) is 29.3 Å². The van der Waals surface area contributed by atoms with Crippen LogP contribution in [0.2, 0.25) is 0 Å². The minimum Gasteiger partial charge on any atom is -0.455 e. The van der Waals surface area contributed by atoms with Crippen LogP contribution in [0.25, 0.3) is 55.8 Å². The topological polar surface area (TPSA) is 51.8 Å². The van der Waals surface area contributed by atoms with E-state index in [1.54, 1.807) is 0 Å². The summed E-state index contributed by atoms with van der Waals surface area (Å²) in [6.45, 7) is 6.37. The Bertz CT molecular complexity index is 1680. The van der Waals surface area contributed by atoms with Crippen molar-refractivity contribution in [2.45, 2.75) is 26.2 Å². The molecule has 0 spiro atoms. The van der Waals surface area contributed by atoms with Crippen molar-refractivity contribution in [1.29, 1.82) is 0 Å². The molecule has 170 valence electrons. The molecule has 0 radical (unpaired) electrons. The van der Waals surface area contributed by atoms with Gasteiger partial charge in [-0.3, -0.25) is 0 Å². The van der Waals surface area contributed by atoms with Crippen molar-refractivity contribution in [1.82, 2.24) is 15.0 Å². The van der Waals surface area contributed by atoms with Gasteiger partial charge in [-0.1, -0.05) is 99.6 Å². The molecule has 4 aromatic carbocycles. The predicted octanol–water partition coefficient (Wildman–Crippen LogP) is 8.07. The second-order valence-electron chi connectivity index (χ2n) is 9.78. The van der Waals surface area contributed by atoms with Crippen molar-refractivity contribution in [2.24, 2.45) is 0 Å². The third-order valence-electron chi connectivity index (χ3n) is 6.18. The van der Waals surface area contributed by atoms with Crippen LogP contribution in [0.5, 0.6) is 0 Å². The molecule has 2 aromatic heterocycles. The molecule has 4 nitrogen and oxygen atoms in total. The zero-order chi connectivity index (χ0) is 24.0. The lowest BCUT2D eigenvalue weighted by molar-refractivity contribution is 0.543. The average Bonchev–Trinajstić information content (AvgIpc) is 3.27. The number of nitrogens with zero attached hydrogens (tertiary/aromatic N) is 3. The number of para-hydroxylation sites is 2. The van der Waals surface area contributed by atoms with Gasteiger partial charge in [0, 0.05) is 21.8 Å². The highest BCUT2D eigenvalue weighted by Crippen LogP contribution is 2.36. The normalized spacial score (nSPS) is 11.9. The lowest BCUT2D eigenvalue weighted by atomic mass is 9.95. The van der Waals surface area contributed by atoms with E-state index < -0.39 is 0 Å². The van der Waals surface area contributed by atoms with Gasteiger partial charge >= 0.3 is 0 Å². The van der Waals surface area contributed by atoms with Crippen LogP contribution >= 0.6 is 0 Å². The fraction of sp³-hybridized carbons (Fsp3) is 0.129. The van der Waals surface area contributed by atoms with E-state index in [0.29, 0.717) is 11.6 Å². The van der Waals surface area contributed by atoms with Crippen LogP contribution in [-0.2, 0) is 5.41 Å².